The number of halogens is 2. The van der Waals surface area contributed by atoms with E-state index in [2.05, 4.69) is 15.5 Å². The molecule has 0 spiro atoms. The van der Waals surface area contributed by atoms with Crippen molar-refractivity contribution in [1.82, 2.24) is 15.5 Å². The molecule has 0 radical (unpaired) electrons. The molecule has 0 saturated carbocycles. The van der Waals surface area contributed by atoms with Gasteiger partial charge in [-0.2, -0.15) is 5.10 Å². The van der Waals surface area contributed by atoms with E-state index < -0.39 is 11.6 Å². The molecule has 1 fully saturated rings. The van der Waals surface area contributed by atoms with Gasteiger partial charge in [0.2, 0.25) is 0 Å². The molecule has 1 saturated heterocycles. The zero-order chi connectivity index (χ0) is 18.1. The molecular formula is C19H17F2N3O2. The minimum atomic E-state index is -0.914. The van der Waals surface area contributed by atoms with Gasteiger partial charge in [-0.05, 0) is 30.2 Å². The third-order valence-electron chi connectivity index (χ3n) is 4.62. The smallest absolute Gasteiger partial charge is 0.272 e. The van der Waals surface area contributed by atoms with Gasteiger partial charge in [0.05, 0.1) is 12.1 Å². The summed E-state index contributed by atoms with van der Waals surface area (Å²) in [5, 5.41) is 10.3. The number of rotatable bonds is 4. The van der Waals surface area contributed by atoms with Crippen LogP contribution in [-0.4, -0.2) is 35.9 Å². The largest absolute Gasteiger partial charge is 0.381 e. The van der Waals surface area contributed by atoms with Crippen LogP contribution in [0.15, 0.2) is 36.4 Å². The van der Waals surface area contributed by atoms with Crippen LogP contribution in [0.25, 0.3) is 22.0 Å². The Labute approximate surface area is 148 Å². The molecule has 2 heterocycles. The first kappa shape index (κ1) is 16.7. The van der Waals surface area contributed by atoms with E-state index in [-0.39, 0.29) is 17.2 Å². The van der Waals surface area contributed by atoms with Crippen molar-refractivity contribution in [3.63, 3.8) is 0 Å². The zero-order valence-corrected chi connectivity index (χ0v) is 13.9. The van der Waals surface area contributed by atoms with Crippen LogP contribution >= 0.6 is 0 Å². The molecule has 0 aliphatic carbocycles. The van der Waals surface area contributed by atoms with Crippen molar-refractivity contribution in [2.24, 2.45) is 5.92 Å². The average molecular weight is 357 g/mol. The Balaban J connectivity index is 1.64. The Morgan fingerprint density at radius 1 is 1.31 bits per heavy atom. The minimum Gasteiger partial charge on any atom is -0.381 e. The highest BCUT2D eigenvalue weighted by molar-refractivity contribution is 6.05. The maximum absolute atomic E-state index is 14.1. The maximum atomic E-state index is 14.1. The number of aromatic nitrogens is 2. The number of fused-ring (bicyclic) bond motifs is 1. The Bertz CT molecular complexity index is 965. The lowest BCUT2D eigenvalue weighted by atomic mass is 10.0. The van der Waals surface area contributed by atoms with Gasteiger partial charge >= 0.3 is 0 Å². The molecule has 26 heavy (non-hydrogen) atoms. The summed E-state index contributed by atoms with van der Waals surface area (Å²) in [5.41, 5.74) is 1.51. The molecule has 0 bridgehead atoms. The summed E-state index contributed by atoms with van der Waals surface area (Å²) in [7, 11) is 0. The lowest BCUT2D eigenvalue weighted by Gasteiger charge is -2.08. The van der Waals surface area contributed by atoms with Gasteiger partial charge in [0.15, 0.2) is 17.3 Å². The summed E-state index contributed by atoms with van der Waals surface area (Å²) in [6.07, 6.45) is 0.921. The van der Waals surface area contributed by atoms with Crippen LogP contribution in [0.2, 0.25) is 0 Å². The summed E-state index contributed by atoms with van der Waals surface area (Å²) in [6, 6.07) is 9.02. The lowest BCUT2D eigenvalue weighted by Crippen LogP contribution is -2.29. The summed E-state index contributed by atoms with van der Waals surface area (Å²) >= 11 is 0. The topological polar surface area (TPSA) is 67.0 Å². The van der Waals surface area contributed by atoms with Crippen LogP contribution < -0.4 is 5.32 Å². The van der Waals surface area contributed by atoms with Crippen LogP contribution in [0, 0.1) is 17.6 Å². The highest BCUT2D eigenvalue weighted by Crippen LogP contribution is 2.28. The van der Waals surface area contributed by atoms with Crippen molar-refractivity contribution in [1.29, 1.82) is 0 Å². The van der Waals surface area contributed by atoms with Crippen molar-refractivity contribution < 1.29 is 18.3 Å². The van der Waals surface area contributed by atoms with Gasteiger partial charge in [0, 0.05) is 30.0 Å². The van der Waals surface area contributed by atoms with Gasteiger partial charge in [-0.3, -0.25) is 9.89 Å². The molecule has 3 aromatic rings. The molecule has 2 aromatic carbocycles. The molecule has 134 valence electrons. The Hall–Kier alpha value is -2.80. The third kappa shape index (κ3) is 3.06. The molecule has 1 atom stereocenters. The number of aromatic amines is 1. The van der Waals surface area contributed by atoms with E-state index in [1.165, 1.54) is 12.1 Å². The lowest BCUT2D eigenvalue weighted by molar-refractivity contribution is 0.0941. The van der Waals surface area contributed by atoms with E-state index in [0.717, 1.165) is 12.5 Å². The van der Waals surface area contributed by atoms with Crippen LogP contribution in [0.4, 0.5) is 8.78 Å². The van der Waals surface area contributed by atoms with Gasteiger partial charge < -0.3 is 10.1 Å². The molecule has 1 aliphatic heterocycles. The Morgan fingerprint density at radius 3 is 3.00 bits per heavy atom. The van der Waals surface area contributed by atoms with Crippen molar-refractivity contribution in [2.75, 3.05) is 19.8 Å². The predicted molar refractivity (Wildman–Crippen MR) is 92.7 cm³/mol. The van der Waals surface area contributed by atoms with Gasteiger partial charge in [-0.25, -0.2) is 8.78 Å². The van der Waals surface area contributed by atoms with Gasteiger partial charge in [-0.1, -0.05) is 18.2 Å². The fourth-order valence-electron chi connectivity index (χ4n) is 3.15. The Kier molecular flexibility index (Phi) is 4.38. The summed E-state index contributed by atoms with van der Waals surface area (Å²) in [4.78, 5) is 12.5. The monoisotopic (exact) mass is 357 g/mol. The molecule has 1 aliphatic rings. The fourth-order valence-corrected chi connectivity index (χ4v) is 3.15. The normalized spacial score (nSPS) is 16.9. The molecule has 5 nitrogen and oxygen atoms in total. The number of H-pyrrole nitrogens is 1. The van der Waals surface area contributed by atoms with Crippen molar-refractivity contribution in [3.8, 4) is 11.1 Å². The first-order chi connectivity index (χ1) is 12.6. The van der Waals surface area contributed by atoms with Crippen LogP contribution in [0.3, 0.4) is 0 Å². The van der Waals surface area contributed by atoms with E-state index in [1.807, 2.05) is 0 Å². The molecule has 1 amide bonds. The molecule has 1 aromatic heterocycles. The first-order valence-electron chi connectivity index (χ1n) is 8.42. The zero-order valence-electron chi connectivity index (χ0n) is 13.9. The number of benzene rings is 2. The minimum absolute atomic E-state index is 0.141. The van der Waals surface area contributed by atoms with Crippen molar-refractivity contribution >= 4 is 16.8 Å². The van der Waals surface area contributed by atoms with Gasteiger partial charge in [0.1, 0.15) is 0 Å². The van der Waals surface area contributed by atoms with Crippen molar-refractivity contribution in [2.45, 2.75) is 6.42 Å². The molecule has 4 rings (SSSR count). The number of carbonyl (C=O) groups excluding carboxylic acids is 1. The maximum Gasteiger partial charge on any atom is 0.272 e. The first-order valence-corrected chi connectivity index (χ1v) is 8.42. The number of hydrogen-bond acceptors (Lipinski definition) is 3. The van der Waals surface area contributed by atoms with E-state index >= 15 is 0 Å². The highest BCUT2D eigenvalue weighted by atomic mass is 19.2. The van der Waals surface area contributed by atoms with E-state index in [9.17, 15) is 13.6 Å². The summed E-state index contributed by atoms with van der Waals surface area (Å²) < 4.78 is 32.9. The number of amides is 1. The average Bonchev–Trinajstić information content (AvgIpc) is 3.31. The van der Waals surface area contributed by atoms with Crippen LogP contribution in [0.1, 0.15) is 16.9 Å². The highest BCUT2D eigenvalue weighted by Gasteiger charge is 2.20. The second-order valence-electron chi connectivity index (χ2n) is 6.37. The fraction of sp³-hybridized carbons (Fsp3) is 0.263. The molecule has 1 unspecified atom stereocenters. The number of carbonyl (C=O) groups is 1. The van der Waals surface area contributed by atoms with Crippen LogP contribution in [-0.2, 0) is 4.74 Å². The predicted octanol–water partition coefficient (Wildman–Crippen LogP) is 3.27. The second kappa shape index (κ2) is 6.84. The van der Waals surface area contributed by atoms with E-state index in [0.29, 0.717) is 42.1 Å². The third-order valence-corrected chi connectivity index (χ3v) is 4.62. The molecule has 7 heteroatoms. The number of ether oxygens (including phenoxy) is 1. The summed E-state index contributed by atoms with van der Waals surface area (Å²) in [6.45, 7) is 1.88. The number of nitrogens with one attached hydrogen (secondary N) is 2. The van der Waals surface area contributed by atoms with Crippen LogP contribution in [0.5, 0.6) is 0 Å². The number of nitrogens with zero attached hydrogens (tertiary/aromatic N) is 1. The Morgan fingerprint density at radius 2 is 2.19 bits per heavy atom. The van der Waals surface area contributed by atoms with E-state index in [4.69, 9.17) is 4.74 Å². The molecule has 2 N–H and O–H groups in total. The van der Waals surface area contributed by atoms with Crippen molar-refractivity contribution in [3.05, 3.63) is 53.7 Å². The van der Waals surface area contributed by atoms with Gasteiger partial charge in [0.25, 0.3) is 5.91 Å². The number of hydrogen-bond donors (Lipinski definition) is 2. The second-order valence-corrected chi connectivity index (χ2v) is 6.37. The van der Waals surface area contributed by atoms with E-state index in [1.54, 1.807) is 18.2 Å². The SMILES string of the molecule is O=C(NCC1CCOC1)c1n[nH]c2ccc(-c3cccc(F)c3F)cc12. The quantitative estimate of drug-likeness (QED) is 0.753. The molecular weight excluding hydrogens is 340 g/mol. The van der Waals surface area contributed by atoms with Gasteiger partial charge in [-0.15, -0.1) is 0 Å². The summed E-state index contributed by atoms with van der Waals surface area (Å²) in [5.74, 6) is -1.82. The standard InChI is InChI=1S/C19H17F2N3O2/c20-15-3-1-2-13(17(15)21)12-4-5-16-14(8-12)18(24-23-16)19(25)22-9-11-6-7-26-10-11/h1-5,8,11H,6-7,9-10H2,(H,22,25)(H,23,24).